The summed E-state index contributed by atoms with van der Waals surface area (Å²) in [4.78, 5) is 21.8. The molecule has 0 radical (unpaired) electrons. The lowest BCUT2D eigenvalue weighted by molar-refractivity contribution is -0.268. The number of halogens is 2. The average Bonchev–Trinajstić information content (AvgIpc) is 3.58. The number of fused-ring (bicyclic) bond motifs is 1. The summed E-state index contributed by atoms with van der Waals surface area (Å²) in [7, 11) is 1.80. The van der Waals surface area contributed by atoms with E-state index in [0.29, 0.717) is 50.3 Å². The fourth-order valence-electron chi connectivity index (χ4n) is 4.98. The molecule has 1 aliphatic heterocycles. The van der Waals surface area contributed by atoms with Crippen LogP contribution in [0.2, 0.25) is 0 Å². The molecule has 2 N–H and O–H groups in total. The lowest BCUT2D eigenvalue weighted by Crippen LogP contribution is -2.61. The Morgan fingerprint density at radius 3 is 2.50 bits per heavy atom. The van der Waals surface area contributed by atoms with Gasteiger partial charge >= 0.3 is 11.9 Å². The molecule has 0 unspecified atom stereocenters. The topological polar surface area (TPSA) is 130 Å². The zero-order valence-corrected chi connectivity index (χ0v) is 24.0. The Kier molecular flexibility index (Phi) is 8.11. The van der Waals surface area contributed by atoms with Crippen molar-refractivity contribution in [1.82, 2.24) is 19.5 Å². The van der Waals surface area contributed by atoms with E-state index < -0.39 is 17.7 Å². The number of anilines is 3. The molecule has 5 rings (SSSR count). The van der Waals surface area contributed by atoms with Crippen LogP contribution in [0.25, 0.3) is 16.8 Å². The summed E-state index contributed by atoms with van der Waals surface area (Å²) < 4.78 is 35.1. The van der Waals surface area contributed by atoms with Crippen molar-refractivity contribution in [3.63, 3.8) is 0 Å². The number of thiazole rings is 1. The molecule has 42 heavy (non-hydrogen) atoms. The van der Waals surface area contributed by atoms with Crippen LogP contribution in [0.3, 0.4) is 0 Å². The number of piperazine rings is 1. The fourth-order valence-corrected chi connectivity index (χ4v) is 5.84. The Morgan fingerprint density at radius 2 is 1.88 bits per heavy atom. The van der Waals surface area contributed by atoms with Crippen LogP contribution in [0.5, 0.6) is 0 Å². The molecule has 4 aromatic rings. The number of carbonyl (C=O) groups is 1. The summed E-state index contributed by atoms with van der Waals surface area (Å²) in [5.41, 5.74) is 3.33. The summed E-state index contributed by atoms with van der Waals surface area (Å²) in [5, 5.41) is 35.5. The van der Waals surface area contributed by atoms with E-state index in [1.54, 1.807) is 37.1 Å². The molecular weight excluding hydrogens is 568 g/mol. The van der Waals surface area contributed by atoms with Gasteiger partial charge in [0.25, 0.3) is 0 Å². The van der Waals surface area contributed by atoms with E-state index in [2.05, 4.69) is 11.2 Å². The fraction of sp³-hybridized carbons (Fsp3) is 0.357. The standard InChI is InChI=1S/C28H29F2N7O4S/c1-4-20-25(34(3)27-32-24(23(15-31)42-27)17-6-8-18(29)9-7-17)22-14-21(19(30)16-37(22)33-20)35-10-12-36(13-11-35)28(39,40)26(38)41-5-2/h6-9,14,16,39-40H,4-5,10-13H2,1-3H3. The number of carbonyl (C=O) groups excluding carboxylic acids is 1. The number of nitriles is 1. The molecule has 0 saturated carbocycles. The minimum atomic E-state index is -2.77. The van der Waals surface area contributed by atoms with Crippen LogP contribution in [0, 0.1) is 23.0 Å². The van der Waals surface area contributed by atoms with Gasteiger partial charge in [0.1, 0.15) is 22.5 Å². The molecule has 1 aliphatic rings. The number of hydrogen-bond donors (Lipinski definition) is 2. The maximum atomic E-state index is 15.4. The van der Waals surface area contributed by atoms with Crippen LogP contribution >= 0.6 is 11.3 Å². The first-order valence-corrected chi connectivity index (χ1v) is 14.1. The predicted octanol–water partition coefficient (Wildman–Crippen LogP) is 3.26. The van der Waals surface area contributed by atoms with Crippen LogP contribution in [-0.2, 0) is 16.0 Å². The van der Waals surface area contributed by atoms with E-state index in [-0.39, 0.29) is 38.6 Å². The Hall–Kier alpha value is -4.16. The molecule has 14 heteroatoms. The van der Waals surface area contributed by atoms with Crippen molar-refractivity contribution in [2.75, 3.05) is 49.6 Å². The molecule has 4 heterocycles. The second-order valence-electron chi connectivity index (χ2n) is 9.67. The normalized spacial score (nSPS) is 14.3. The number of aryl methyl sites for hydroxylation is 1. The minimum Gasteiger partial charge on any atom is -0.461 e. The molecule has 1 fully saturated rings. The van der Waals surface area contributed by atoms with E-state index in [0.717, 1.165) is 0 Å². The first-order chi connectivity index (χ1) is 20.1. The number of nitrogens with zero attached hydrogens (tertiary/aromatic N) is 7. The molecule has 11 nitrogen and oxygen atoms in total. The van der Waals surface area contributed by atoms with Crippen LogP contribution in [0.4, 0.5) is 25.3 Å². The van der Waals surface area contributed by atoms with Gasteiger partial charge in [-0.1, -0.05) is 18.3 Å². The van der Waals surface area contributed by atoms with Crippen LogP contribution in [-0.4, -0.2) is 81.4 Å². The first kappa shape index (κ1) is 29.3. The van der Waals surface area contributed by atoms with E-state index in [9.17, 15) is 24.7 Å². The lowest BCUT2D eigenvalue weighted by Gasteiger charge is -2.40. The number of aromatic nitrogens is 3. The van der Waals surface area contributed by atoms with Crippen molar-refractivity contribution in [2.45, 2.75) is 26.2 Å². The van der Waals surface area contributed by atoms with Gasteiger partial charge in [-0.25, -0.2) is 28.0 Å². The van der Waals surface area contributed by atoms with Gasteiger partial charge in [-0.05, 0) is 43.7 Å². The number of pyridine rings is 1. The van der Waals surface area contributed by atoms with Gasteiger partial charge < -0.3 is 24.7 Å². The second-order valence-corrected chi connectivity index (χ2v) is 10.6. The highest BCUT2D eigenvalue weighted by atomic mass is 32.1. The van der Waals surface area contributed by atoms with E-state index >= 15 is 4.39 Å². The summed E-state index contributed by atoms with van der Waals surface area (Å²) in [6, 6.07) is 9.62. The zero-order chi connectivity index (χ0) is 30.2. The highest BCUT2D eigenvalue weighted by Gasteiger charge is 2.43. The molecule has 0 spiro atoms. The van der Waals surface area contributed by atoms with Gasteiger partial charge in [0.05, 0.1) is 35.4 Å². The molecule has 3 aromatic heterocycles. The monoisotopic (exact) mass is 597 g/mol. The minimum absolute atomic E-state index is 0.00113. The SMILES string of the molecule is CCOC(=O)C(O)(O)N1CCN(c2cc3c(N(C)c4nc(-c5ccc(F)cc5)c(C#N)s4)c(CC)nn3cc2F)CC1. The Balaban J connectivity index is 1.47. The molecule has 0 atom stereocenters. The van der Waals surface area contributed by atoms with Gasteiger partial charge in [0.2, 0.25) is 0 Å². The number of benzene rings is 1. The predicted molar refractivity (Wildman–Crippen MR) is 152 cm³/mol. The summed E-state index contributed by atoms with van der Waals surface area (Å²) in [6.07, 6.45) is 1.84. The molecule has 220 valence electrons. The molecule has 1 saturated heterocycles. The largest absolute Gasteiger partial charge is 0.461 e. The van der Waals surface area contributed by atoms with Crippen molar-refractivity contribution in [3.05, 3.63) is 58.7 Å². The van der Waals surface area contributed by atoms with E-state index in [4.69, 9.17) is 9.72 Å². The van der Waals surface area contributed by atoms with Crippen LogP contribution in [0.15, 0.2) is 36.5 Å². The summed E-state index contributed by atoms with van der Waals surface area (Å²) in [6.45, 7) is 4.08. The zero-order valence-electron chi connectivity index (χ0n) is 23.2. The van der Waals surface area contributed by atoms with Crippen molar-refractivity contribution in [3.8, 4) is 17.3 Å². The first-order valence-electron chi connectivity index (χ1n) is 13.3. The van der Waals surface area contributed by atoms with Crippen molar-refractivity contribution < 1.29 is 28.5 Å². The number of hydrogen-bond acceptors (Lipinski definition) is 11. The van der Waals surface area contributed by atoms with Gasteiger partial charge in [-0.2, -0.15) is 10.4 Å². The number of aliphatic hydroxyl groups is 2. The Labute approximate surface area is 244 Å². The molecule has 0 amide bonds. The highest BCUT2D eigenvalue weighted by Crippen LogP contribution is 2.39. The second kappa shape index (κ2) is 11.6. The smallest absolute Gasteiger partial charge is 0.383 e. The van der Waals surface area contributed by atoms with Crippen molar-refractivity contribution in [1.29, 1.82) is 5.26 Å². The summed E-state index contributed by atoms with van der Waals surface area (Å²) >= 11 is 1.18. The van der Waals surface area contributed by atoms with Crippen molar-refractivity contribution in [2.24, 2.45) is 0 Å². The molecule has 0 bridgehead atoms. The molecule has 0 aliphatic carbocycles. The van der Waals surface area contributed by atoms with Crippen molar-refractivity contribution >= 4 is 39.3 Å². The van der Waals surface area contributed by atoms with Gasteiger partial charge in [0.15, 0.2) is 10.9 Å². The Morgan fingerprint density at radius 1 is 1.19 bits per heavy atom. The third kappa shape index (κ3) is 5.27. The maximum absolute atomic E-state index is 15.4. The number of rotatable bonds is 8. The number of ether oxygens (including phenoxy) is 1. The highest BCUT2D eigenvalue weighted by molar-refractivity contribution is 7.16. The Bertz CT molecular complexity index is 1660. The van der Waals surface area contributed by atoms with Crippen LogP contribution in [0.1, 0.15) is 24.4 Å². The lowest BCUT2D eigenvalue weighted by atomic mass is 10.1. The summed E-state index contributed by atoms with van der Waals surface area (Å²) in [5.74, 6) is -4.83. The molecule has 1 aromatic carbocycles. The van der Waals surface area contributed by atoms with E-state index in [1.165, 1.54) is 39.1 Å². The van der Waals surface area contributed by atoms with Gasteiger partial charge in [-0.3, -0.25) is 0 Å². The van der Waals surface area contributed by atoms with Gasteiger partial charge in [0, 0.05) is 38.8 Å². The maximum Gasteiger partial charge on any atom is 0.383 e. The number of esters is 1. The molecular formula is C28H29F2N7O4S. The third-order valence-electron chi connectivity index (χ3n) is 7.15. The van der Waals surface area contributed by atoms with Gasteiger partial charge in [-0.15, -0.1) is 0 Å². The quantitative estimate of drug-likeness (QED) is 0.231. The van der Waals surface area contributed by atoms with E-state index in [1.807, 2.05) is 11.8 Å². The third-order valence-corrected chi connectivity index (χ3v) is 8.18. The average molecular weight is 598 g/mol. The van der Waals surface area contributed by atoms with Crippen LogP contribution < -0.4 is 9.80 Å².